The van der Waals surface area contributed by atoms with Crippen LogP contribution in [0, 0.1) is 17.8 Å². The Kier molecular flexibility index (Phi) is 3.10. The Morgan fingerprint density at radius 1 is 1.44 bits per heavy atom. The van der Waals surface area contributed by atoms with E-state index in [4.69, 9.17) is 4.74 Å². The summed E-state index contributed by atoms with van der Waals surface area (Å²) in [5.74, 6) is 1.83. The maximum absolute atomic E-state index is 11.6. The number of hydrogen-bond acceptors (Lipinski definition) is 4. The van der Waals surface area contributed by atoms with E-state index in [0.717, 1.165) is 12.5 Å². The number of likely N-dealkylation sites (tertiary alicyclic amines) is 1. The molecule has 1 heterocycles. The first-order chi connectivity index (χ1) is 8.61. The van der Waals surface area contributed by atoms with Crippen molar-refractivity contribution in [3.05, 3.63) is 0 Å². The summed E-state index contributed by atoms with van der Waals surface area (Å²) in [6.45, 7) is 5.43. The number of esters is 1. The van der Waals surface area contributed by atoms with Crippen molar-refractivity contribution in [3.8, 4) is 0 Å². The third kappa shape index (κ3) is 1.77. The van der Waals surface area contributed by atoms with Gasteiger partial charge in [-0.05, 0) is 44.4 Å². The van der Waals surface area contributed by atoms with Crippen LogP contribution in [-0.2, 0) is 9.53 Å². The maximum atomic E-state index is 11.6. The molecule has 3 fully saturated rings. The van der Waals surface area contributed by atoms with Crippen molar-refractivity contribution >= 4 is 5.97 Å². The van der Waals surface area contributed by atoms with Gasteiger partial charge in [0.25, 0.3) is 0 Å². The molecule has 0 aromatic carbocycles. The standard InChI is InChI=1S/C14H23NO3/c1-3-18-12(16)4-8(2)15-7-10-5-9-6-11(10)13(15)14(9)17/h8-11,13-14,17H,3-7H2,1-2H3. The lowest BCUT2D eigenvalue weighted by atomic mass is 9.88. The molecule has 3 rings (SSSR count). The number of carbonyl (C=O) groups excluding carboxylic acids is 1. The third-order valence-corrected chi connectivity index (χ3v) is 5.22. The highest BCUT2D eigenvalue weighted by Gasteiger charge is 2.59. The molecule has 0 aromatic heterocycles. The molecule has 6 atom stereocenters. The Morgan fingerprint density at radius 3 is 2.89 bits per heavy atom. The second-order valence-corrected chi connectivity index (χ2v) is 6.19. The largest absolute Gasteiger partial charge is 0.466 e. The Bertz CT molecular complexity index is 344. The summed E-state index contributed by atoms with van der Waals surface area (Å²) in [6, 6.07) is 0.492. The highest BCUT2D eigenvalue weighted by atomic mass is 16.5. The van der Waals surface area contributed by atoms with Crippen molar-refractivity contribution in [1.82, 2.24) is 4.90 Å². The zero-order chi connectivity index (χ0) is 12.9. The predicted molar refractivity (Wildman–Crippen MR) is 66.9 cm³/mol. The van der Waals surface area contributed by atoms with Gasteiger partial charge >= 0.3 is 5.97 Å². The lowest BCUT2D eigenvalue weighted by molar-refractivity contribution is -0.144. The van der Waals surface area contributed by atoms with Crippen LogP contribution in [0.15, 0.2) is 0 Å². The SMILES string of the molecule is CCOC(=O)CC(C)N1CC2CC3CC2C1C3O. The first kappa shape index (κ1) is 12.4. The van der Waals surface area contributed by atoms with Crippen LogP contribution in [0.1, 0.15) is 33.1 Å². The smallest absolute Gasteiger partial charge is 0.307 e. The van der Waals surface area contributed by atoms with E-state index in [0.29, 0.717) is 30.9 Å². The number of rotatable bonds is 4. The van der Waals surface area contributed by atoms with Gasteiger partial charge in [-0.3, -0.25) is 9.69 Å². The van der Waals surface area contributed by atoms with Gasteiger partial charge in [-0.25, -0.2) is 0 Å². The van der Waals surface area contributed by atoms with E-state index < -0.39 is 0 Å². The van der Waals surface area contributed by atoms with Crippen LogP contribution >= 0.6 is 0 Å². The van der Waals surface area contributed by atoms with Gasteiger partial charge < -0.3 is 9.84 Å². The van der Waals surface area contributed by atoms with E-state index in [1.807, 2.05) is 6.92 Å². The summed E-state index contributed by atoms with van der Waals surface area (Å²) in [7, 11) is 0. The first-order valence-electron chi connectivity index (χ1n) is 7.21. The van der Waals surface area contributed by atoms with Crippen LogP contribution in [0.5, 0.6) is 0 Å². The Labute approximate surface area is 108 Å². The van der Waals surface area contributed by atoms with Gasteiger partial charge in [-0.15, -0.1) is 0 Å². The normalized spacial score (nSPS) is 43.4. The number of ether oxygens (including phenoxy) is 1. The number of carbonyl (C=O) groups is 1. The summed E-state index contributed by atoms with van der Waals surface area (Å²) in [4.78, 5) is 13.9. The zero-order valence-electron chi connectivity index (χ0n) is 11.2. The first-order valence-corrected chi connectivity index (χ1v) is 7.21. The van der Waals surface area contributed by atoms with Crippen molar-refractivity contribution in [3.63, 3.8) is 0 Å². The average molecular weight is 253 g/mol. The molecular formula is C14H23NO3. The van der Waals surface area contributed by atoms with Crippen molar-refractivity contribution in [2.75, 3.05) is 13.2 Å². The van der Waals surface area contributed by atoms with Gasteiger partial charge in [0.1, 0.15) is 0 Å². The van der Waals surface area contributed by atoms with Crippen molar-refractivity contribution < 1.29 is 14.6 Å². The molecule has 3 aliphatic rings. The number of fused-ring (bicyclic) bond motifs is 1. The molecule has 4 nitrogen and oxygen atoms in total. The van der Waals surface area contributed by atoms with E-state index in [1.54, 1.807) is 0 Å². The van der Waals surface area contributed by atoms with Gasteiger partial charge in [0.15, 0.2) is 0 Å². The van der Waals surface area contributed by atoms with Crippen LogP contribution in [0.4, 0.5) is 0 Å². The Morgan fingerprint density at radius 2 is 2.22 bits per heavy atom. The van der Waals surface area contributed by atoms with Crippen LogP contribution in [0.2, 0.25) is 0 Å². The Hall–Kier alpha value is -0.610. The van der Waals surface area contributed by atoms with E-state index >= 15 is 0 Å². The molecule has 0 spiro atoms. The molecule has 2 bridgehead atoms. The minimum absolute atomic E-state index is 0.117. The molecule has 0 amide bonds. The summed E-state index contributed by atoms with van der Waals surface area (Å²) in [6.07, 6.45) is 2.66. The van der Waals surface area contributed by atoms with Gasteiger partial charge in [-0.1, -0.05) is 0 Å². The predicted octanol–water partition coefficient (Wildman–Crippen LogP) is 1.03. The van der Waals surface area contributed by atoms with Crippen molar-refractivity contribution in [1.29, 1.82) is 0 Å². The second-order valence-electron chi connectivity index (χ2n) is 6.19. The molecular weight excluding hydrogens is 230 g/mol. The van der Waals surface area contributed by atoms with Crippen LogP contribution in [-0.4, -0.2) is 47.3 Å². The molecule has 1 N–H and O–H groups in total. The van der Waals surface area contributed by atoms with E-state index in [-0.39, 0.29) is 18.1 Å². The third-order valence-electron chi connectivity index (χ3n) is 5.22. The minimum Gasteiger partial charge on any atom is -0.466 e. The molecule has 1 saturated heterocycles. The lowest BCUT2D eigenvalue weighted by Gasteiger charge is -2.32. The number of aliphatic hydroxyl groups excluding tert-OH is 1. The molecule has 0 radical (unpaired) electrons. The van der Waals surface area contributed by atoms with E-state index in [1.165, 1.54) is 12.8 Å². The maximum Gasteiger partial charge on any atom is 0.307 e. The second kappa shape index (κ2) is 4.49. The van der Waals surface area contributed by atoms with Crippen LogP contribution < -0.4 is 0 Å². The molecule has 2 saturated carbocycles. The minimum atomic E-state index is -0.168. The van der Waals surface area contributed by atoms with Crippen LogP contribution in [0.25, 0.3) is 0 Å². The van der Waals surface area contributed by atoms with Crippen molar-refractivity contribution in [2.24, 2.45) is 17.8 Å². The quantitative estimate of drug-likeness (QED) is 0.760. The molecule has 102 valence electrons. The summed E-state index contributed by atoms with van der Waals surface area (Å²) < 4.78 is 5.02. The fourth-order valence-corrected chi connectivity index (χ4v) is 4.53. The van der Waals surface area contributed by atoms with E-state index in [9.17, 15) is 9.90 Å². The summed E-state index contributed by atoms with van der Waals surface area (Å²) in [5, 5.41) is 10.3. The summed E-state index contributed by atoms with van der Waals surface area (Å²) >= 11 is 0. The van der Waals surface area contributed by atoms with Gasteiger partial charge in [0.2, 0.25) is 0 Å². The Balaban J connectivity index is 1.65. The topological polar surface area (TPSA) is 49.8 Å². The molecule has 4 heteroatoms. The van der Waals surface area contributed by atoms with E-state index in [2.05, 4.69) is 11.8 Å². The van der Waals surface area contributed by atoms with Gasteiger partial charge in [-0.2, -0.15) is 0 Å². The zero-order valence-corrected chi connectivity index (χ0v) is 11.2. The number of nitrogens with zero attached hydrogens (tertiary/aromatic N) is 1. The molecule has 18 heavy (non-hydrogen) atoms. The number of hydrogen-bond donors (Lipinski definition) is 1. The molecule has 1 aliphatic heterocycles. The highest BCUT2D eigenvalue weighted by molar-refractivity contribution is 5.70. The lowest BCUT2D eigenvalue weighted by Crippen LogP contribution is -2.45. The summed E-state index contributed by atoms with van der Waals surface area (Å²) in [5.41, 5.74) is 0. The molecule has 2 aliphatic carbocycles. The fraction of sp³-hybridized carbons (Fsp3) is 0.929. The molecule has 6 unspecified atom stereocenters. The van der Waals surface area contributed by atoms with Crippen LogP contribution in [0.3, 0.4) is 0 Å². The van der Waals surface area contributed by atoms with Gasteiger partial charge in [0, 0.05) is 18.6 Å². The monoisotopic (exact) mass is 253 g/mol. The number of aliphatic hydroxyl groups is 1. The average Bonchev–Trinajstić information content (AvgIpc) is 2.89. The highest BCUT2D eigenvalue weighted by Crippen LogP contribution is 2.55. The fourth-order valence-electron chi connectivity index (χ4n) is 4.53. The van der Waals surface area contributed by atoms with Gasteiger partial charge in [0.05, 0.1) is 19.1 Å². The molecule has 0 aromatic rings. The van der Waals surface area contributed by atoms with Crippen molar-refractivity contribution in [2.45, 2.75) is 51.3 Å².